The molecule has 2 atom stereocenters. The Morgan fingerprint density at radius 2 is 0.538 bits per heavy atom. The molecular weight excluding hydrogens is 1140 g/mol. The molecule has 6 nitrogen and oxygen atoms in total. The maximum Gasteiger partial charge on any atom is 0.305 e. The van der Waals surface area contributed by atoms with Crippen molar-refractivity contribution in [2.24, 2.45) is 0 Å². The molecule has 2 unspecified atom stereocenters. The molecule has 0 saturated carbocycles. The van der Waals surface area contributed by atoms with Gasteiger partial charge < -0.3 is 20.3 Å². The minimum atomic E-state index is -0.841. The van der Waals surface area contributed by atoms with E-state index in [2.05, 4.69) is 43.5 Å². The molecule has 0 saturated heterocycles. The van der Waals surface area contributed by atoms with Gasteiger partial charge >= 0.3 is 5.97 Å². The highest BCUT2D eigenvalue weighted by atomic mass is 16.5. The molecule has 0 heterocycles. The largest absolute Gasteiger partial charge is 0.466 e. The van der Waals surface area contributed by atoms with Crippen molar-refractivity contribution in [1.29, 1.82) is 0 Å². The van der Waals surface area contributed by atoms with E-state index >= 15 is 0 Å². The number of ether oxygens (including phenoxy) is 1. The highest BCUT2D eigenvalue weighted by Crippen LogP contribution is 2.21. The number of carbonyl (C=O) groups excluding carboxylic acids is 2. The van der Waals surface area contributed by atoms with Crippen molar-refractivity contribution in [2.45, 2.75) is 495 Å². The first kappa shape index (κ1) is 91.1. The number of nitrogens with one attached hydrogen (secondary N) is 1. The van der Waals surface area contributed by atoms with Gasteiger partial charge in [0.25, 0.3) is 0 Å². The molecule has 0 fully saturated rings. The minimum absolute atomic E-state index is 0.0203. The molecule has 0 rings (SSSR count). The second-order valence-electron chi connectivity index (χ2n) is 29.5. The topological polar surface area (TPSA) is 95.9 Å². The Hall–Kier alpha value is -1.92. The van der Waals surface area contributed by atoms with E-state index in [1.54, 1.807) is 6.08 Å². The summed E-state index contributed by atoms with van der Waals surface area (Å²) in [5, 5.41) is 23.3. The van der Waals surface area contributed by atoms with Crippen LogP contribution >= 0.6 is 0 Å². The van der Waals surface area contributed by atoms with Crippen molar-refractivity contribution < 1.29 is 24.5 Å². The van der Waals surface area contributed by atoms with Crippen LogP contribution in [0.1, 0.15) is 483 Å². The number of unbranched alkanes of at least 4 members (excludes halogenated alkanes) is 66. The van der Waals surface area contributed by atoms with Gasteiger partial charge in [-0.3, -0.25) is 9.59 Å². The third-order valence-electron chi connectivity index (χ3n) is 20.2. The Kier molecular flexibility index (Phi) is 80.8. The monoisotopic (exact) mass is 1310 g/mol. The summed E-state index contributed by atoms with van der Waals surface area (Å²) in [6, 6.07) is -0.624. The van der Waals surface area contributed by atoms with Gasteiger partial charge in [-0.25, -0.2) is 0 Å². The lowest BCUT2D eigenvalue weighted by Crippen LogP contribution is -2.45. The normalized spacial score (nSPS) is 12.6. The zero-order valence-corrected chi connectivity index (χ0v) is 63.3. The van der Waals surface area contributed by atoms with Crippen LogP contribution in [0.25, 0.3) is 0 Å². The van der Waals surface area contributed by atoms with Crippen molar-refractivity contribution in [3.8, 4) is 0 Å². The molecule has 93 heavy (non-hydrogen) atoms. The molecular formula is C87H167NO5. The third-order valence-corrected chi connectivity index (χ3v) is 20.2. The van der Waals surface area contributed by atoms with Crippen LogP contribution in [0, 0.1) is 0 Å². The molecule has 0 spiro atoms. The Morgan fingerprint density at radius 3 is 0.839 bits per heavy atom. The standard InChI is InChI=1S/C87H167NO5/c1-3-5-7-9-11-13-15-17-19-21-23-44-47-51-55-59-63-67-71-75-79-85(90)84(83-89)88-86(91)80-76-72-68-64-60-56-52-48-45-41-39-37-35-33-31-29-27-25-24-26-28-30-32-34-36-38-40-42-46-50-54-58-62-66-70-74-78-82-93-87(92)81-77-73-69-65-61-57-53-49-43-22-20-18-16-14-12-10-8-6-4-2/h12,14,18,20,75,79,84-85,89-90H,3-11,13,15-17,19,21-74,76-78,80-83H2,1-2H3,(H,88,91)/b14-12-,20-18-,79-75+. The first-order valence-corrected chi connectivity index (χ1v) is 42.8. The number of aliphatic hydroxyl groups is 2. The van der Waals surface area contributed by atoms with E-state index in [1.165, 1.54) is 411 Å². The minimum Gasteiger partial charge on any atom is -0.466 e. The van der Waals surface area contributed by atoms with Crippen molar-refractivity contribution >= 4 is 11.9 Å². The molecule has 550 valence electrons. The number of hydrogen-bond acceptors (Lipinski definition) is 5. The Bertz CT molecular complexity index is 1510. The lowest BCUT2D eigenvalue weighted by molar-refractivity contribution is -0.143. The summed E-state index contributed by atoms with van der Waals surface area (Å²) in [5.41, 5.74) is 0. The molecule has 1 amide bonds. The summed E-state index contributed by atoms with van der Waals surface area (Å²) >= 11 is 0. The molecule has 0 aromatic rings. The number of esters is 1. The van der Waals surface area contributed by atoms with E-state index in [0.717, 1.165) is 44.9 Å². The summed E-state index contributed by atoms with van der Waals surface area (Å²) in [6.07, 6.45) is 109. The maximum atomic E-state index is 12.5. The highest BCUT2D eigenvalue weighted by Gasteiger charge is 2.18. The summed E-state index contributed by atoms with van der Waals surface area (Å²) in [5.74, 6) is -0.0372. The number of amides is 1. The smallest absolute Gasteiger partial charge is 0.305 e. The lowest BCUT2D eigenvalue weighted by Gasteiger charge is -2.20. The van der Waals surface area contributed by atoms with Gasteiger partial charge in [-0.15, -0.1) is 0 Å². The lowest BCUT2D eigenvalue weighted by atomic mass is 10.0. The Morgan fingerprint density at radius 1 is 0.301 bits per heavy atom. The van der Waals surface area contributed by atoms with E-state index in [1.807, 2.05) is 6.08 Å². The average Bonchev–Trinajstić information content (AvgIpc) is 3.78. The SMILES string of the molecule is CCCCC/C=C\C/C=C\CCCCCCCCCCCC(=O)OCCCCCCCCCCCCCCCCCCCCCCCCCCCCCCCCCCCCCCCC(=O)NC(CO)C(O)/C=C/CCCCCCCCCCCCCCCCCCCC. The van der Waals surface area contributed by atoms with Crippen LogP contribution in [-0.2, 0) is 14.3 Å². The van der Waals surface area contributed by atoms with Crippen LogP contribution in [-0.4, -0.2) is 47.4 Å². The molecule has 6 heteroatoms. The van der Waals surface area contributed by atoms with E-state index in [0.29, 0.717) is 19.4 Å². The first-order valence-electron chi connectivity index (χ1n) is 42.8. The zero-order chi connectivity index (χ0) is 67.0. The highest BCUT2D eigenvalue weighted by molar-refractivity contribution is 5.76. The van der Waals surface area contributed by atoms with Crippen LogP contribution in [0.3, 0.4) is 0 Å². The maximum absolute atomic E-state index is 12.5. The Labute approximate surface area is 583 Å². The summed E-state index contributed by atoms with van der Waals surface area (Å²) in [7, 11) is 0. The van der Waals surface area contributed by atoms with Crippen LogP contribution < -0.4 is 5.32 Å². The van der Waals surface area contributed by atoms with Gasteiger partial charge in [-0.05, 0) is 64.2 Å². The van der Waals surface area contributed by atoms with Gasteiger partial charge in [0.2, 0.25) is 5.91 Å². The number of aliphatic hydroxyl groups excluding tert-OH is 2. The van der Waals surface area contributed by atoms with Crippen molar-refractivity contribution in [3.63, 3.8) is 0 Å². The quantitative estimate of drug-likeness (QED) is 0.0320. The zero-order valence-electron chi connectivity index (χ0n) is 63.3. The summed E-state index contributed by atoms with van der Waals surface area (Å²) in [6.45, 7) is 4.93. The predicted molar refractivity (Wildman–Crippen MR) is 412 cm³/mol. The predicted octanol–water partition coefficient (Wildman–Crippen LogP) is 28.6. The van der Waals surface area contributed by atoms with E-state index in [-0.39, 0.29) is 18.5 Å². The number of allylic oxidation sites excluding steroid dienone is 5. The fourth-order valence-corrected chi connectivity index (χ4v) is 13.7. The van der Waals surface area contributed by atoms with Gasteiger partial charge in [-0.2, -0.15) is 0 Å². The van der Waals surface area contributed by atoms with Crippen LogP contribution in [0.5, 0.6) is 0 Å². The number of carbonyl (C=O) groups is 2. The molecule has 0 aliphatic heterocycles. The van der Waals surface area contributed by atoms with Gasteiger partial charge in [0.1, 0.15) is 0 Å². The van der Waals surface area contributed by atoms with E-state index < -0.39 is 12.1 Å². The van der Waals surface area contributed by atoms with Crippen molar-refractivity contribution in [3.05, 3.63) is 36.5 Å². The van der Waals surface area contributed by atoms with E-state index in [4.69, 9.17) is 4.74 Å². The van der Waals surface area contributed by atoms with Gasteiger partial charge in [0.05, 0.1) is 25.4 Å². The fourth-order valence-electron chi connectivity index (χ4n) is 13.7. The average molecular weight is 1310 g/mol. The number of rotatable bonds is 81. The van der Waals surface area contributed by atoms with Gasteiger partial charge in [0.15, 0.2) is 0 Å². The van der Waals surface area contributed by atoms with Gasteiger partial charge in [0, 0.05) is 12.8 Å². The third kappa shape index (κ3) is 79.0. The second kappa shape index (κ2) is 82.5. The molecule has 0 aliphatic carbocycles. The van der Waals surface area contributed by atoms with Crippen LogP contribution in [0.2, 0.25) is 0 Å². The fraction of sp³-hybridized carbons (Fsp3) is 0.908. The van der Waals surface area contributed by atoms with Crippen molar-refractivity contribution in [1.82, 2.24) is 5.32 Å². The summed E-state index contributed by atoms with van der Waals surface area (Å²) < 4.78 is 5.52. The molecule has 0 aromatic heterocycles. The summed E-state index contributed by atoms with van der Waals surface area (Å²) in [4.78, 5) is 24.7. The molecule has 0 aliphatic rings. The molecule has 0 aromatic carbocycles. The number of hydrogen-bond donors (Lipinski definition) is 3. The molecule has 0 radical (unpaired) electrons. The van der Waals surface area contributed by atoms with Crippen molar-refractivity contribution in [2.75, 3.05) is 13.2 Å². The second-order valence-corrected chi connectivity index (χ2v) is 29.5. The van der Waals surface area contributed by atoms with Gasteiger partial charge in [-0.1, -0.05) is 442 Å². The first-order chi connectivity index (χ1) is 46.0. The Balaban J connectivity index is 3.31. The van der Waals surface area contributed by atoms with Crippen LogP contribution in [0.15, 0.2) is 36.5 Å². The van der Waals surface area contributed by atoms with E-state index in [9.17, 15) is 19.8 Å². The molecule has 0 bridgehead atoms. The molecule has 3 N–H and O–H groups in total. The van der Waals surface area contributed by atoms with Crippen LogP contribution in [0.4, 0.5) is 0 Å².